The highest BCUT2D eigenvalue weighted by Crippen LogP contribution is 2.15. The third-order valence-electron chi connectivity index (χ3n) is 3.89. The summed E-state index contributed by atoms with van der Waals surface area (Å²) >= 11 is 6.17. The standard InChI is InChI=1S/C16H21ClN4O/c17-16-6-2-1-4-14(16)12-21-13-15(18-19-21)5-3-7-20-8-10-22-11-9-20/h1-2,4,6,13H,3,5,7-12H2. The lowest BCUT2D eigenvalue weighted by molar-refractivity contribution is 0.0374. The van der Waals surface area contributed by atoms with Gasteiger partial charge in [-0.3, -0.25) is 4.90 Å². The summed E-state index contributed by atoms with van der Waals surface area (Å²) in [5.74, 6) is 0. The summed E-state index contributed by atoms with van der Waals surface area (Å²) in [5, 5.41) is 9.21. The van der Waals surface area contributed by atoms with Crippen LogP contribution in [-0.2, 0) is 17.7 Å². The summed E-state index contributed by atoms with van der Waals surface area (Å²) in [4.78, 5) is 2.44. The van der Waals surface area contributed by atoms with Gasteiger partial charge in [-0.1, -0.05) is 35.0 Å². The van der Waals surface area contributed by atoms with Gasteiger partial charge in [0.15, 0.2) is 0 Å². The molecule has 5 nitrogen and oxygen atoms in total. The molecule has 0 radical (unpaired) electrons. The number of nitrogens with zero attached hydrogens (tertiary/aromatic N) is 4. The van der Waals surface area contributed by atoms with E-state index in [0.717, 1.165) is 62.0 Å². The Kier molecular flexibility index (Phi) is 5.43. The van der Waals surface area contributed by atoms with E-state index in [1.54, 1.807) is 0 Å². The number of ether oxygens (including phenoxy) is 1. The van der Waals surface area contributed by atoms with Crippen LogP contribution in [0.4, 0.5) is 0 Å². The molecule has 0 N–H and O–H groups in total. The second-order valence-electron chi connectivity index (χ2n) is 5.56. The van der Waals surface area contributed by atoms with Crippen LogP contribution in [0, 0.1) is 0 Å². The Bertz CT molecular complexity index is 595. The monoisotopic (exact) mass is 320 g/mol. The second kappa shape index (κ2) is 7.72. The van der Waals surface area contributed by atoms with Gasteiger partial charge in [-0.05, 0) is 31.0 Å². The fourth-order valence-electron chi connectivity index (χ4n) is 2.64. The van der Waals surface area contributed by atoms with Gasteiger partial charge in [0.05, 0.1) is 25.5 Å². The van der Waals surface area contributed by atoms with Gasteiger partial charge in [-0.25, -0.2) is 4.68 Å². The number of aromatic nitrogens is 3. The number of hydrogen-bond acceptors (Lipinski definition) is 4. The predicted octanol–water partition coefficient (Wildman–Crippen LogP) is 2.24. The number of aryl methyl sites for hydroxylation is 1. The zero-order chi connectivity index (χ0) is 15.2. The van der Waals surface area contributed by atoms with E-state index >= 15 is 0 Å². The van der Waals surface area contributed by atoms with Crippen molar-refractivity contribution >= 4 is 11.6 Å². The van der Waals surface area contributed by atoms with Crippen molar-refractivity contribution in [2.75, 3.05) is 32.8 Å². The molecule has 0 saturated carbocycles. The topological polar surface area (TPSA) is 43.2 Å². The van der Waals surface area contributed by atoms with E-state index in [-0.39, 0.29) is 0 Å². The largest absolute Gasteiger partial charge is 0.379 e. The Morgan fingerprint density at radius 1 is 1.18 bits per heavy atom. The van der Waals surface area contributed by atoms with E-state index in [9.17, 15) is 0 Å². The summed E-state index contributed by atoms with van der Waals surface area (Å²) in [5.41, 5.74) is 2.11. The van der Waals surface area contributed by atoms with Gasteiger partial charge in [-0.15, -0.1) is 5.10 Å². The predicted molar refractivity (Wildman–Crippen MR) is 86.2 cm³/mol. The quantitative estimate of drug-likeness (QED) is 0.819. The van der Waals surface area contributed by atoms with Gasteiger partial charge < -0.3 is 4.74 Å². The van der Waals surface area contributed by atoms with Crippen LogP contribution in [0.25, 0.3) is 0 Å². The molecule has 1 aromatic carbocycles. The molecule has 6 heteroatoms. The average molecular weight is 321 g/mol. The lowest BCUT2D eigenvalue weighted by Crippen LogP contribution is -2.36. The van der Waals surface area contributed by atoms with E-state index in [1.807, 2.05) is 35.1 Å². The molecule has 3 rings (SSSR count). The fraction of sp³-hybridized carbons (Fsp3) is 0.500. The van der Waals surface area contributed by atoms with Gasteiger partial charge in [0, 0.05) is 24.3 Å². The van der Waals surface area contributed by atoms with Crippen molar-refractivity contribution in [2.45, 2.75) is 19.4 Å². The lowest BCUT2D eigenvalue weighted by atomic mass is 10.2. The van der Waals surface area contributed by atoms with E-state index in [1.165, 1.54) is 0 Å². The first kappa shape index (κ1) is 15.5. The van der Waals surface area contributed by atoms with Crippen LogP contribution in [0.1, 0.15) is 17.7 Å². The molecule has 2 heterocycles. The van der Waals surface area contributed by atoms with Crippen molar-refractivity contribution < 1.29 is 4.74 Å². The zero-order valence-corrected chi connectivity index (χ0v) is 13.4. The molecule has 1 aliphatic heterocycles. The summed E-state index contributed by atoms with van der Waals surface area (Å²) in [6.07, 6.45) is 4.08. The van der Waals surface area contributed by atoms with Crippen LogP contribution >= 0.6 is 11.6 Å². The molecule has 1 aromatic heterocycles. The highest BCUT2D eigenvalue weighted by atomic mass is 35.5. The Labute approximate surface area is 135 Å². The number of hydrogen-bond donors (Lipinski definition) is 0. The molecule has 0 atom stereocenters. The normalized spacial score (nSPS) is 16.0. The minimum atomic E-state index is 0.663. The molecular formula is C16H21ClN4O. The van der Waals surface area contributed by atoms with Crippen molar-refractivity contribution in [3.63, 3.8) is 0 Å². The molecule has 0 unspecified atom stereocenters. The molecule has 118 valence electrons. The Hall–Kier alpha value is -1.43. The lowest BCUT2D eigenvalue weighted by Gasteiger charge is -2.26. The van der Waals surface area contributed by atoms with Crippen molar-refractivity contribution in [3.8, 4) is 0 Å². The summed E-state index contributed by atoms with van der Waals surface area (Å²) in [6.45, 7) is 5.55. The van der Waals surface area contributed by atoms with Gasteiger partial charge in [-0.2, -0.15) is 0 Å². The minimum Gasteiger partial charge on any atom is -0.379 e. The third kappa shape index (κ3) is 4.29. The van der Waals surface area contributed by atoms with E-state index in [2.05, 4.69) is 15.2 Å². The van der Waals surface area contributed by atoms with Crippen LogP contribution in [0.3, 0.4) is 0 Å². The molecule has 2 aromatic rings. The van der Waals surface area contributed by atoms with E-state index in [4.69, 9.17) is 16.3 Å². The number of benzene rings is 1. The number of rotatable bonds is 6. The maximum atomic E-state index is 6.17. The molecule has 22 heavy (non-hydrogen) atoms. The molecule has 0 spiro atoms. The first-order chi connectivity index (χ1) is 10.8. The fourth-order valence-corrected chi connectivity index (χ4v) is 2.84. The van der Waals surface area contributed by atoms with Gasteiger partial charge in [0.25, 0.3) is 0 Å². The highest BCUT2D eigenvalue weighted by molar-refractivity contribution is 6.31. The van der Waals surface area contributed by atoms with Gasteiger partial charge in [0.2, 0.25) is 0 Å². The second-order valence-corrected chi connectivity index (χ2v) is 5.96. The Balaban J connectivity index is 1.47. The van der Waals surface area contributed by atoms with Crippen molar-refractivity contribution in [2.24, 2.45) is 0 Å². The molecule has 0 bridgehead atoms. The summed E-state index contributed by atoms with van der Waals surface area (Å²) < 4.78 is 7.21. The van der Waals surface area contributed by atoms with Crippen LogP contribution in [-0.4, -0.2) is 52.7 Å². The van der Waals surface area contributed by atoms with Crippen LogP contribution < -0.4 is 0 Å². The van der Waals surface area contributed by atoms with Gasteiger partial charge in [0.1, 0.15) is 0 Å². The molecule has 1 fully saturated rings. The molecule has 0 aliphatic carbocycles. The molecule has 1 saturated heterocycles. The smallest absolute Gasteiger partial charge is 0.0827 e. The van der Waals surface area contributed by atoms with Gasteiger partial charge >= 0.3 is 0 Å². The number of morpholine rings is 1. The summed E-state index contributed by atoms with van der Waals surface area (Å²) in [7, 11) is 0. The minimum absolute atomic E-state index is 0.663. The van der Waals surface area contributed by atoms with E-state index < -0.39 is 0 Å². The molecule has 1 aliphatic rings. The van der Waals surface area contributed by atoms with Crippen LogP contribution in [0.15, 0.2) is 30.5 Å². The highest BCUT2D eigenvalue weighted by Gasteiger charge is 2.10. The third-order valence-corrected chi connectivity index (χ3v) is 4.26. The first-order valence-corrected chi connectivity index (χ1v) is 8.11. The van der Waals surface area contributed by atoms with Crippen LogP contribution in [0.5, 0.6) is 0 Å². The molecular weight excluding hydrogens is 300 g/mol. The maximum absolute atomic E-state index is 6.17. The summed E-state index contributed by atoms with van der Waals surface area (Å²) in [6, 6.07) is 7.84. The van der Waals surface area contributed by atoms with Crippen molar-refractivity contribution in [3.05, 3.63) is 46.7 Å². The number of halogens is 1. The molecule has 0 amide bonds. The first-order valence-electron chi connectivity index (χ1n) is 7.74. The Morgan fingerprint density at radius 2 is 2.00 bits per heavy atom. The zero-order valence-electron chi connectivity index (χ0n) is 12.6. The van der Waals surface area contributed by atoms with Crippen molar-refractivity contribution in [1.29, 1.82) is 0 Å². The average Bonchev–Trinajstić information content (AvgIpc) is 2.98. The van der Waals surface area contributed by atoms with Crippen LogP contribution in [0.2, 0.25) is 5.02 Å². The maximum Gasteiger partial charge on any atom is 0.0827 e. The Morgan fingerprint density at radius 3 is 2.82 bits per heavy atom. The van der Waals surface area contributed by atoms with Crippen molar-refractivity contribution in [1.82, 2.24) is 19.9 Å². The van der Waals surface area contributed by atoms with E-state index in [0.29, 0.717) is 6.54 Å². The SMILES string of the molecule is Clc1ccccc1Cn1cc(CCCN2CCOCC2)nn1.